The molecule has 6 nitrogen and oxygen atoms in total. The van der Waals surface area contributed by atoms with Crippen LogP contribution in [0.25, 0.3) is 10.9 Å². The van der Waals surface area contributed by atoms with Crippen molar-refractivity contribution in [1.29, 1.82) is 0 Å². The molecule has 1 N–H and O–H groups in total. The topological polar surface area (TPSA) is 73.2 Å². The highest BCUT2D eigenvalue weighted by molar-refractivity contribution is 14.1. The van der Waals surface area contributed by atoms with Gasteiger partial charge in [-0.2, -0.15) is 0 Å². The van der Waals surface area contributed by atoms with Gasteiger partial charge in [0, 0.05) is 14.3 Å². The van der Waals surface area contributed by atoms with Crippen molar-refractivity contribution in [2.24, 2.45) is 0 Å². The Morgan fingerprint density at radius 1 is 1.25 bits per heavy atom. The van der Waals surface area contributed by atoms with Crippen LogP contribution < -0.4 is 10.9 Å². The third-order valence-electron chi connectivity index (χ3n) is 4.69. The number of halogens is 2. The first kappa shape index (κ1) is 18.9. The molecule has 1 unspecified atom stereocenters. The first-order chi connectivity index (χ1) is 13.4. The normalized spacial score (nSPS) is 15.9. The number of hydrogen-bond acceptors (Lipinski definition) is 5. The Morgan fingerprint density at radius 3 is 2.64 bits per heavy atom. The van der Waals surface area contributed by atoms with Crippen molar-refractivity contribution in [3.05, 3.63) is 78.2 Å². The Balaban J connectivity index is 2.06. The molecule has 1 aliphatic heterocycles. The molecule has 0 aliphatic carbocycles. The Labute approximate surface area is 179 Å². The maximum Gasteiger partial charge on any atom is 0.337 e. The Bertz CT molecular complexity index is 1200. The lowest BCUT2D eigenvalue weighted by atomic mass is 9.95. The second-order valence-corrected chi connectivity index (χ2v) is 8.06. The number of benzene rings is 2. The summed E-state index contributed by atoms with van der Waals surface area (Å²) in [5, 5.41) is 4.14. The van der Waals surface area contributed by atoms with Crippen molar-refractivity contribution in [1.82, 2.24) is 9.55 Å². The highest BCUT2D eigenvalue weighted by Gasteiger charge is 2.34. The molecule has 8 heteroatoms. The number of carbonyl (C=O) groups excluding carboxylic acids is 1. The number of aromatic nitrogens is 2. The van der Waals surface area contributed by atoms with Crippen molar-refractivity contribution in [2.75, 3.05) is 12.4 Å². The molecule has 3 aromatic rings. The number of methoxy groups -OCH3 is 1. The average molecular weight is 508 g/mol. The summed E-state index contributed by atoms with van der Waals surface area (Å²) >= 11 is 8.19. The molecule has 0 saturated carbocycles. The van der Waals surface area contributed by atoms with E-state index in [0.29, 0.717) is 33.1 Å². The Morgan fingerprint density at radius 2 is 1.96 bits per heavy atom. The molecule has 142 valence electrons. The quantitative estimate of drug-likeness (QED) is 0.417. The van der Waals surface area contributed by atoms with E-state index in [1.807, 2.05) is 12.1 Å². The summed E-state index contributed by atoms with van der Waals surface area (Å²) in [7, 11) is 1.32. The average Bonchev–Trinajstić information content (AvgIpc) is 2.68. The Hall–Kier alpha value is -2.39. The van der Waals surface area contributed by atoms with E-state index in [1.54, 1.807) is 37.3 Å². The molecular formula is C20H15ClIN3O3. The van der Waals surface area contributed by atoms with E-state index in [0.717, 1.165) is 9.13 Å². The fraction of sp³-hybridized carbons (Fsp3) is 0.150. The first-order valence-corrected chi connectivity index (χ1v) is 9.89. The van der Waals surface area contributed by atoms with E-state index in [4.69, 9.17) is 16.3 Å². The molecule has 0 radical (unpaired) electrons. The highest BCUT2D eigenvalue weighted by Crippen LogP contribution is 2.35. The van der Waals surface area contributed by atoms with Gasteiger partial charge in [0.05, 0.1) is 29.6 Å². The number of fused-ring (bicyclic) bond motifs is 2. The maximum absolute atomic E-state index is 13.4. The van der Waals surface area contributed by atoms with E-state index in [2.05, 4.69) is 32.9 Å². The van der Waals surface area contributed by atoms with Crippen molar-refractivity contribution < 1.29 is 9.53 Å². The lowest BCUT2D eigenvalue weighted by molar-refractivity contribution is -0.136. The molecule has 1 atom stereocenters. The zero-order valence-corrected chi connectivity index (χ0v) is 17.9. The number of allylic oxidation sites excluding steroid dienone is 1. The SMILES string of the molecule is COC(=O)C1=C(C)Nc2nc3ccc(I)cc3c(=O)n2C1c1ccc(Cl)cc1. The number of esters is 1. The van der Waals surface area contributed by atoms with E-state index in [1.165, 1.54) is 11.7 Å². The van der Waals surface area contributed by atoms with Gasteiger partial charge in [-0.1, -0.05) is 23.7 Å². The van der Waals surface area contributed by atoms with Gasteiger partial charge in [0.2, 0.25) is 5.95 Å². The largest absolute Gasteiger partial charge is 0.466 e. The first-order valence-electron chi connectivity index (χ1n) is 8.44. The van der Waals surface area contributed by atoms with Crippen molar-refractivity contribution >= 4 is 57.0 Å². The van der Waals surface area contributed by atoms with Crippen LogP contribution in [0.5, 0.6) is 0 Å². The van der Waals surface area contributed by atoms with Gasteiger partial charge in [0.1, 0.15) is 0 Å². The van der Waals surface area contributed by atoms with E-state index in [9.17, 15) is 9.59 Å². The number of hydrogen-bond donors (Lipinski definition) is 1. The predicted octanol–water partition coefficient (Wildman–Crippen LogP) is 4.12. The molecule has 1 aliphatic rings. The maximum atomic E-state index is 13.4. The number of nitrogens with one attached hydrogen (secondary N) is 1. The summed E-state index contributed by atoms with van der Waals surface area (Å²) in [6.45, 7) is 1.77. The zero-order valence-electron chi connectivity index (χ0n) is 15.0. The predicted molar refractivity (Wildman–Crippen MR) is 117 cm³/mol. The van der Waals surface area contributed by atoms with Crippen LogP contribution in [0.1, 0.15) is 18.5 Å². The van der Waals surface area contributed by atoms with Gasteiger partial charge in [-0.05, 0) is 65.4 Å². The smallest absolute Gasteiger partial charge is 0.337 e. The standard InChI is InChI=1S/C20H15ClIN3O3/c1-10-16(19(27)28-2)17(11-3-5-12(21)6-4-11)25-18(26)14-9-13(22)7-8-15(14)24-20(25)23-10/h3-9,17H,1-2H3,(H,23,24). The van der Waals surface area contributed by atoms with Crippen LogP contribution in [0.2, 0.25) is 5.02 Å². The summed E-state index contributed by atoms with van der Waals surface area (Å²) < 4.78 is 7.43. The Kier molecular flexibility index (Phi) is 4.88. The number of rotatable bonds is 2. The molecule has 1 aromatic heterocycles. The van der Waals surface area contributed by atoms with Crippen LogP contribution in [0.3, 0.4) is 0 Å². The third kappa shape index (κ3) is 3.08. The lowest BCUT2D eigenvalue weighted by Crippen LogP contribution is -2.36. The second-order valence-electron chi connectivity index (χ2n) is 6.38. The van der Waals surface area contributed by atoms with Crippen LogP contribution in [0.15, 0.2) is 58.5 Å². The van der Waals surface area contributed by atoms with Gasteiger partial charge in [0.25, 0.3) is 5.56 Å². The lowest BCUT2D eigenvalue weighted by Gasteiger charge is -2.31. The van der Waals surface area contributed by atoms with Crippen molar-refractivity contribution in [3.8, 4) is 0 Å². The van der Waals surface area contributed by atoms with E-state index < -0.39 is 12.0 Å². The highest BCUT2D eigenvalue weighted by atomic mass is 127. The van der Waals surface area contributed by atoms with Crippen molar-refractivity contribution in [2.45, 2.75) is 13.0 Å². The van der Waals surface area contributed by atoms with Gasteiger partial charge in [-0.3, -0.25) is 9.36 Å². The molecule has 0 fully saturated rings. The summed E-state index contributed by atoms with van der Waals surface area (Å²) in [6, 6.07) is 11.9. The third-order valence-corrected chi connectivity index (χ3v) is 5.61. The van der Waals surface area contributed by atoms with Gasteiger partial charge in [-0.15, -0.1) is 0 Å². The van der Waals surface area contributed by atoms with E-state index >= 15 is 0 Å². The second kappa shape index (κ2) is 7.21. The number of carbonyl (C=O) groups is 1. The molecule has 2 aromatic carbocycles. The molecule has 0 bridgehead atoms. The fourth-order valence-electron chi connectivity index (χ4n) is 3.40. The fourth-order valence-corrected chi connectivity index (χ4v) is 4.02. The minimum absolute atomic E-state index is 0.236. The van der Waals surface area contributed by atoms with Crippen LogP contribution in [0, 0.1) is 3.57 Å². The summed E-state index contributed by atoms with van der Waals surface area (Å²) in [4.78, 5) is 30.6. The monoisotopic (exact) mass is 507 g/mol. The van der Waals surface area contributed by atoms with Crippen LogP contribution >= 0.6 is 34.2 Å². The number of anilines is 1. The minimum Gasteiger partial charge on any atom is -0.466 e. The van der Waals surface area contributed by atoms with Crippen LogP contribution in [-0.4, -0.2) is 22.6 Å². The molecule has 0 amide bonds. The van der Waals surface area contributed by atoms with Gasteiger partial charge < -0.3 is 10.1 Å². The molecular weight excluding hydrogens is 493 g/mol. The van der Waals surface area contributed by atoms with Crippen molar-refractivity contribution in [3.63, 3.8) is 0 Å². The van der Waals surface area contributed by atoms with E-state index in [-0.39, 0.29) is 5.56 Å². The minimum atomic E-state index is -0.678. The summed E-state index contributed by atoms with van der Waals surface area (Å²) in [6.07, 6.45) is 0. The van der Waals surface area contributed by atoms with Gasteiger partial charge in [-0.25, -0.2) is 9.78 Å². The number of ether oxygens (including phenoxy) is 1. The van der Waals surface area contributed by atoms with Crippen LogP contribution in [0.4, 0.5) is 5.95 Å². The molecule has 4 rings (SSSR count). The number of nitrogens with zero attached hydrogens (tertiary/aromatic N) is 2. The molecule has 0 spiro atoms. The van der Waals surface area contributed by atoms with Gasteiger partial charge >= 0.3 is 5.97 Å². The summed E-state index contributed by atoms with van der Waals surface area (Å²) in [5.74, 6) is -0.131. The van der Waals surface area contributed by atoms with Crippen LogP contribution in [-0.2, 0) is 9.53 Å². The van der Waals surface area contributed by atoms with Gasteiger partial charge in [0.15, 0.2) is 0 Å². The molecule has 28 heavy (non-hydrogen) atoms. The molecule has 2 heterocycles. The summed E-state index contributed by atoms with van der Waals surface area (Å²) in [5.41, 5.74) is 2.03. The zero-order chi connectivity index (χ0) is 20.0. The molecule has 0 saturated heterocycles.